The zero-order chi connectivity index (χ0) is 25.0. The first kappa shape index (κ1) is 25.2. The monoisotopic (exact) mass is 468 g/mol. The van der Waals surface area contributed by atoms with Gasteiger partial charge in [0.25, 0.3) is 11.7 Å². The van der Waals surface area contributed by atoms with Gasteiger partial charge in [0.15, 0.2) is 0 Å². The van der Waals surface area contributed by atoms with Gasteiger partial charge in [-0.05, 0) is 57.1 Å². The van der Waals surface area contributed by atoms with Gasteiger partial charge in [-0.2, -0.15) is 0 Å². The van der Waals surface area contributed by atoms with Crippen LogP contribution in [-0.4, -0.2) is 75.3 Å². The van der Waals surface area contributed by atoms with Gasteiger partial charge in [-0.25, -0.2) is 4.79 Å². The number of aliphatic hydroxyl groups excluding tert-OH is 1. The third-order valence-electron chi connectivity index (χ3n) is 6.27. The van der Waals surface area contributed by atoms with Crippen molar-refractivity contribution in [3.8, 4) is 0 Å². The number of aryl methyl sites for hydroxylation is 1. The minimum Gasteiger partial charge on any atom is -0.507 e. The molecule has 2 N–H and O–H groups in total. The molecule has 1 aliphatic heterocycles. The molecule has 34 heavy (non-hydrogen) atoms. The van der Waals surface area contributed by atoms with Crippen LogP contribution in [0.15, 0.2) is 30.1 Å². The molecule has 0 spiro atoms. The number of amides is 1. The van der Waals surface area contributed by atoms with Crippen LogP contribution < -0.4 is 0 Å². The quantitative estimate of drug-likeness (QED) is 0.252. The fraction of sp³-hybridized carbons (Fsp3) is 0.440. The normalized spacial score (nSPS) is 17.6. The Morgan fingerprint density at radius 1 is 1.18 bits per heavy atom. The van der Waals surface area contributed by atoms with Crippen molar-refractivity contribution in [1.82, 2.24) is 19.8 Å². The van der Waals surface area contributed by atoms with E-state index in [-0.39, 0.29) is 23.6 Å². The van der Waals surface area contributed by atoms with Crippen LogP contribution in [0.3, 0.4) is 0 Å². The summed E-state index contributed by atoms with van der Waals surface area (Å²) >= 11 is 0. The molecular weight excluding hydrogens is 436 g/mol. The van der Waals surface area contributed by atoms with Gasteiger partial charge >= 0.3 is 5.97 Å². The Balaban J connectivity index is 2.14. The standard InChI is InChI=1S/C25H32N4O5/c1-6-28(7-2)13-14-29-21(17-9-11-26-12-10-17)19(23(31)24(29)32)22(30)18-15(4)20(27-16(18)5)25(33)34-8-3/h9-12,21,27,30H,6-8,13-14H2,1-5H3/b22-19+. The number of H-pyrrole nitrogens is 1. The topological polar surface area (TPSA) is 116 Å². The predicted molar refractivity (Wildman–Crippen MR) is 127 cm³/mol. The van der Waals surface area contributed by atoms with Crippen LogP contribution in [0.1, 0.15) is 59.7 Å². The van der Waals surface area contributed by atoms with Gasteiger partial charge in [0.2, 0.25) is 0 Å². The summed E-state index contributed by atoms with van der Waals surface area (Å²) in [6.45, 7) is 11.9. The van der Waals surface area contributed by atoms with E-state index in [1.165, 1.54) is 4.90 Å². The van der Waals surface area contributed by atoms with Gasteiger partial charge in [-0.15, -0.1) is 0 Å². The highest BCUT2D eigenvalue weighted by molar-refractivity contribution is 6.46. The second-order valence-electron chi connectivity index (χ2n) is 8.15. The highest BCUT2D eigenvalue weighted by Crippen LogP contribution is 2.40. The van der Waals surface area contributed by atoms with Crippen molar-refractivity contribution >= 4 is 23.4 Å². The third kappa shape index (κ3) is 4.61. The van der Waals surface area contributed by atoms with E-state index in [1.54, 1.807) is 45.3 Å². The molecule has 1 saturated heterocycles. The van der Waals surface area contributed by atoms with Gasteiger partial charge in [0, 0.05) is 36.7 Å². The summed E-state index contributed by atoms with van der Waals surface area (Å²) in [5, 5.41) is 11.4. The van der Waals surface area contributed by atoms with Crippen molar-refractivity contribution < 1.29 is 24.2 Å². The third-order valence-corrected chi connectivity index (χ3v) is 6.27. The summed E-state index contributed by atoms with van der Waals surface area (Å²) in [5.74, 6) is -2.27. The number of esters is 1. The molecule has 2 aromatic rings. The number of likely N-dealkylation sites (N-methyl/N-ethyl adjacent to an activating group) is 1. The molecule has 9 heteroatoms. The molecule has 1 atom stereocenters. The van der Waals surface area contributed by atoms with E-state index in [4.69, 9.17) is 4.74 Å². The fourth-order valence-electron chi connectivity index (χ4n) is 4.44. The van der Waals surface area contributed by atoms with Gasteiger partial charge in [0.05, 0.1) is 18.2 Å². The summed E-state index contributed by atoms with van der Waals surface area (Å²) in [5.41, 5.74) is 2.15. The number of nitrogens with one attached hydrogen (secondary N) is 1. The number of carbonyl (C=O) groups is 3. The number of hydrogen-bond acceptors (Lipinski definition) is 7. The maximum Gasteiger partial charge on any atom is 0.355 e. The van der Waals surface area contributed by atoms with Crippen LogP contribution in [0.4, 0.5) is 0 Å². The van der Waals surface area contributed by atoms with Crippen molar-refractivity contribution in [3.63, 3.8) is 0 Å². The molecule has 3 rings (SSSR count). The Labute approximate surface area is 199 Å². The number of hydrogen-bond donors (Lipinski definition) is 2. The average molecular weight is 469 g/mol. The minimum atomic E-state index is -0.765. The number of pyridine rings is 1. The maximum atomic E-state index is 13.2. The SMILES string of the molecule is CCOC(=O)c1[nH]c(C)c(/C(O)=C2\C(=O)C(=O)N(CCN(CC)CC)C2c2ccncc2)c1C. The van der Waals surface area contributed by atoms with Crippen molar-refractivity contribution in [2.75, 3.05) is 32.8 Å². The summed E-state index contributed by atoms with van der Waals surface area (Å²) in [6.07, 6.45) is 3.18. The lowest BCUT2D eigenvalue weighted by Gasteiger charge is -2.28. The summed E-state index contributed by atoms with van der Waals surface area (Å²) < 4.78 is 5.09. The van der Waals surface area contributed by atoms with E-state index in [9.17, 15) is 19.5 Å². The van der Waals surface area contributed by atoms with Crippen LogP contribution in [0.25, 0.3) is 5.76 Å². The van der Waals surface area contributed by atoms with E-state index < -0.39 is 23.7 Å². The van der Waals surface area contributed by atoms with E-state index in [0.29, 0.717) is 35.5 Å². The first-order chi connectivity index (χ1) is 16.3. The molecule has 9 nitrogen and oxygen atoms in total. The Hall–Kier alpha value is -3.46. The number of aliphatic hydroxyl groups is 1. The van der Waals surface area contributed by atoms with Crippen LogP contribution >= 0.6 is 0 Å². The molecule has 0 aromatic carbocycles. The number of Topliss-reactive ketones (excluding diaryl/α,β-unsaturated/α-hetero) is 1. The molecule has 182 valence electrons. The first-order valence-corrected chi connectivity index (χ1v) is 11.5. The number of ether oxygens (including phenoxy) is 1. The van der Waals surface area contributed by atoms with Gasteiger partial charge in [-0.3, -0.25) is 14.6 Å². The number of ketones is 1. The largest absolute Gasteiger partial charge is 0.507 e. The van der Waals surface area contributed by atoms with Gasteiger partial charge < -0.3 is 24.6 Å². The van der Waals surface area contributed by atoms with Crippen molar-refractivity contribution in [2.45, 2.75) is 40.7 Å². The molecule has 0 bridgehead atoms. The average Bonchev–Trinajstić information content (AvgIpc) is 3.27. The molecular formula is C25H32N4O5. The fourth-order valence-corrected chi connectivity index (χ4v) is 4.44. The summed E-state index contributed by atoms with van der Waals surface area (Å²) in [6, 6.07) is 2.70. The van der Waals surface area contributed by atoms with Crippen molar-refractivity contribution in [3.05, 3.63) is 58.2 Å². The molecule has 1 fully saturated rings. The maximum absolute atomic E-state index is 13.2. The molecule has 0 aliphatic carbocycles. The molecule has 1 amide bonds. The van der Waals surface area contributed by atoms with Crippen molar-refractivity contribution in [2.24, 2.45) is 0 Å². The second-order valence-corrected chi connectivity index (χ2v) is 8.15. The highest BCUT2D eigenvalue weighted by Gasteiger charge is 2.46. The smallest absolute Gasteiger partial charge is 0.355 e. The van der Waals surface area contributed by atoms with Gasteiger partial charge in [0.1, 0.15) is 11.5 Å². The van der Waals surface area contributed by atoms with Crippen molar-refractivity contribution in [1.29, 1.82) is 0 Å². The zero-order valence-corrected chi connectivity index (χ0v) is 20.3. The zero-order valence-electron chi connectivity index (χ0n) is 20.3. The molecule has 2 aromatic heterocycles. The second kappa shape index (κ2) is 10.6. The lowest BCUT2D eigenvalue weighted by Crippen LogP contribution is -2.38. The van der Waals surface area contributed by atoms with Crippen LogP contribution in [-0.2, 0) is 14.3 Å². The molecule has 0 saturated carbocycles. The number of nitrogens with zero attached hydrogens (tertiary/aromatic N) is 3. The Bertz CT molecular complexity index is 1100. The minimum absolute atomic E-state index is 0.00337. The predicted octanol–water partition coefficient (Wildman–Crippen LogP) is 2.97. The van der Waals surface area contributed by atoms with Gasteiger partial charge in [-0.1, -0.05) is 13.8 Å². The number of aromatic nitrogens is 2. The van der Waals surface area contributed by atoms with Crippen LogP contribution in [0.2, 0.25) is 0 Å². The first-order valence-electron chi connectivity index (χ1n) is 11.5. The van der Waals surface area contributed by atoms with Crippen LogP contribution in [0, 0.1) is 13.8 Å². The van der Waals surface area contributed by atoms with E-state index >= 15 is 0 Å². The number of likely N-dealkylation sites (tertiary alicyclic amines) is 1. The molecule has 1 aliphatic rings. The molecule has 3 heterocycles. The van der Waals surface area contributed by atoms with E-state index in [0.717, 1.165) is 13.1 Å². The highest BCUT2D eigenvalue weighted by atomic mass is 16.5. The number of carbonyl (C=O) groups excluding carboxylic acids is 3. The lowest BCUT2D eigenvalue weighted by molar-refractivity contribution is -0.140. The Kier molecular flexibility index (Phi) is 7.88. The number of aromatic amines is 1. The van der Waals surface area contributed by atoms with E-state index in [1.807, 2.05) is 13.8 Å². The Morgan fingerprint density at radius 3 is 2.41 bits per heavy atom. The Morgan fingerprint density at radius 2 is 1.82 bits per heavy atom. The summed E-state index contributed by atoms with van der Waals surface area (Å²) in [4.78, 5) is 49.3. The molecule has 1 unspecified atom stereocenters. The lowest BCUT2D eigenvalue weighted by atomic mass is 9.94. The van der Waals surface area contributed by atoms with E-state index in [2.05, 4.69) is 14.9 Å². The van der Waals surface area contributed by atoms with Crippen LogP contribution in [0.5, 0.6) is 0 Å². The summed E-state index contributed by atoms with van der Waals surface area (Å²) in [7, 11) is 0. The number of rotatable bonds is 9. The molecule has 0 radical (unpaired) electrons.